The van der Waals surface area contributed by atoms with Crippen molar-refractivity contribution in [2.75, 3.05) is 25.9 Å². The summed E-state index contributed by atoms with van der Waals surface area (Å²) in [6.07, 6.45) is 8.84. The second kappa shape index (κ2) is 5.98. The number of sulfonamides is 1. The second-order valence-electron chi connectivity index (χ2n) is 5.92. The van der Waals surface area contributed by atoms with Crippen molar-refractivity contribution in [3.05, 3.63) is 24.3 Å². The van der Waals surface area contributed by atoms with E-state index in [1.807, 2.05) is 6.07 Å². The lowest BCUT2D eigenvalue weighted by Crippen LogP contribution is -2.46. The van der Waals surface area contributed by atoms with Crippen molar-refractivity contribution in [3.63, 3.8) is 0 Å². The van der Waals surface area contributed by atoms with Crippen LogP contribution >= 0.6 is 0 Å². The van der Waals surface area contributed by atoms with Gasteiger partial charge in [0.05, 0.1) is 18.0 Å². The third kappa shape index (κ3) is 3.25. The van der Waals surface area contributed by atoms with Crippen molar-refractivity contribution in [1.29, 1.82) is 0 Å². The molecule has 2 aliphatic heterocycles. The number of piperidine rings is 1. The zero-order valence-corrected chi connectivity index (χ0v) is 13.2. The Labute approximate surface area is 126 Å². The standard InChI is InChI=1S/C14H22N4O2S/c1-21(19,20)17-9-5-12(6-10-17)18-8-2-3-14(18)13-4-7-15-11-16-13/h4,7,11-12,14H,2-3,5-6,8-10H2,1H3/t14-/m0/s1. The average molecular weight is 310 g/mol. The van der Waals surface area contributed by atoms with Crippen LogP contribution in [0.1, 0.15) is 37.4 Å². The largest absolute Gasteiger partial charge is 0.292 e. The quantitative estimate of drug-likeness (QED) is 0.834. The highest BCUT2D eigenvalue weighted by Crippen LogP contribution is 2.35. The van der Waals surface area contributed by atoms with Crippen LogP contribution in [-0.2, 0) is 10.0 Å². The van der Waals surface area contributed by atoms with E-state index in [2.05, 4.69) is 14.9 Å². The van der Waals surface area contributed by atoms with Crippen molar-refractivity contribution in [1.82, 2.24) is 19.2 Å². The van der Waals surface area contributed by atoms with E-state index < -0.39 is 10.0 Å². The van der Waals surface area contributed by atoms with Gasteiger partial charge in [0.2, 0.25) is 10.0 Å². The molecule has 2 fully saturated rings. The normalized spacial score (nSPS) is 26.2. The van der Waals surface area contributed by atoms with Crippen LogP contribution in [0.2, 0.25) is 0 Å². The zero-order chi connectivity index (χ0) is 14.9. The van der Waals surface area contributed by atoms with E-state index in [1.165, 1.54) is 12.7 Å². The molecule has 2 saturated heterocycles. The zero-order valence-electron chi connectivity index (χ0n) is 12.4. The van der Waals surface area contributed by atoms with Gasteiger partial charge in [-0.1, -0.05) is 0 Å². The molecule has 0 N–H and O–H groups in total. The van der Waals surface area contributed by atoms with Crippen molar-refractivity contribution >= 4 is 10.0 Å². The molecular weight excluding hydrogens is 288 g/mol. The van der Waals surface area contributed by atoms with Gasteiger partial charge in [-0.05, 0) is 38.3 Å². The Hall–Kier alpha value is -1.05. The molecule has 116 valence electrons. The Kier molecular flexibility index (Phi) is 4.24. The molecule has 21 heavy (non-hydrogen) atoms. The van der Waals surface area contributed by atoms with Gasteiger partial charge in [0, 0.05) is 25.3 Å². The molecule has 3 heterocycles. The molecule has 0 spiro atoms. The highest BCUT2D eigenvalue weighted by atomic mass is 32.2. The van der Waals surface area contributed by atoms with Gasteiger partial charge in [-0.3, -0.25) is 4.90 Å². The maximum atomic E-state index is 11.6. The highest BCUT2D eigenvalue weighted by molar-refractivity contribution is 7.88. The van der Waals surface area contributed by atoms with E-state index in [0.717, 1.165) is 31.5 Å². The fourth-order valence-corrected chi connectivity index (χ4v) is 4.42. The summed E-state index contributed by atoms with van der Waals surface area (Å²) in [5.74, 6) is 0. The van der Waals surface area contributed by atoms with Gasteiger partial charge >= 0.3 is 0 Å². The molecule has 1 aromatic rings. The van der Waals surface area contributed by atoms with E-state index in [-0.39, 0.29) is 0 Å². The van der Waals surface area contributed by atoms with Gasteiger partial charge in [-0.15, -0.1) is 0 Å². The molecule has 0 radical (unpaired) electrons. The summed E-state index contributed by atoms with van der Waals surface area (Å²) in [6, 6.07) is 2.82. The van der Waals surface area contributed by atoms with E-state index in [4.69, 9.17) is 0 Å². The van der Waals surface area contributed by atoms with Gasteiger partial charge in [-0.2, -0.15) is 0 Å². The molecule has 6 nitrogen and oxygen atoms in total. The number of aromatic nitrogens is 2. The Bertz CT molecular complexity index is 570. The topological polar surface area (TPSA) is 66.4 Å². The first kappa shape index (κ1) is 14.9. The van der Waals surface area contributed by atoms with Crippen LogP contribution in [0.5, 0.6) is 0 Å². The highest BCUT2D eigenvalue weighted by Gasteiger charge is 2.35. The molecule has 0 aromatic carbocycles. The van der Waals surface area contributed by atoms with Crippen LogP contribution in [0.15, 0.2) is 18.6 Å². The lowest BCUT2D eigenvalue weighted by molar-refractivity contribution is 0.125. The van der Waals surface area contributed by atoms with Crippen molar-refractivity contribution in [2.24, 2.45) is 0 Å². The third-order valence-corrected chi connectivity index (χ3v) is 5.91. The lowest BCUT2D eigenvalue weighted by atomic mass is 10.0. The predicted molar refractivity (Wildman–Crippen MR) is 80.2 cm³/mol. The molecule has 0 unspecified atom stereocenters. The van der Waals surface area contributed by atoms with Crippen molar-refractivity contribution in [2.45, 2.75) is 37.8 Å². The maximum absolute atomic E-state index is 11.6. The molecule has 3 rings (SSSR count). The van der Waals surface area contributed by atoms with Crippen LogP contribution in [0.25, 0.3) is 0 Å². The van der Waals surface area contributed by atoms with Crippen molar-refractivity contribution in [3.8, 4) is 0 Å². The number of hydrogen-bond acceptors (Lipinski definition) is 5. The Balaban J connectivity index is 1.67. The Morgan fingerprint density at radius 2 is 1.95 bits per heavy atom. The number of rotatable bonds is 3. The molecule has 7 heteroatoms. The Morgan fingerprint density at radius 1 is 1.19 bits per heavy atom. The summed E-state index contributed by atoms with van der Waals surface area (Å²) < 4.78 is 24.8. The second-order valence-corrected chi connectivity index (χ2v) is 7.91. The SMILES string of the molecule is CS(=O)(=O)N1CCC(N2CCC[C@H]2c2ccncn2)CC1. The summed E-state index contributed by atoms with van der Waals surface area (Å²) in [4.78, 5) is 10.9. The fraction of sp³-hybridized carbons (Fsp3) is 0.714. The first-order chi connectivity index (χ1) is 10.1. The van der Waals surface area contributed by atoms with Crippen molar-refractivity contribution < 1.29 is 8.42 Å². The van der Waals surface area contributed by atoms with Crippen LogP contribution in [0.4, 0.5) is 0 Å². The monoisotopic (exact) mass is 310 g/mol. The molecule has 0 aliphatic carbocycles. The first-order valence-corrected chi connectivity index (χ1v) is 9.37. The van der Waals surface area contributed by atoms with Gasteiger partial charge in [0.1, 0.15) is 6.33 Å². The van der Waals surface area contributed by atoms with Crippen LogP contribution in [0, 0.1) is 0 Å². The molecule has 0 saturated carbocycles. The van der Waals surface area contributed by atoms with E-state index >= 15 is 0 Å². The van der Waals surface area contributed by atoms with Gasteiger partial charge in [0.25, 0.3) is 0 Å². The van der Waals surface area contributed by atoms with E-state index in [1.54, 1.807) is 16.8 Å². The molecule has 0 bridgehead atoms. The lowest BCUT2D eigenvalue weighted by Gasteiger charge is -2.38. The van der Waals surface area contributed by atoms with Crippen LogP contribution in [0.3, 0.4) is 0 Å². The first-order valence-electron chi connectivity index (χ1n) is 7.52. The third-order valence-electron chi connectivity index (χ3n) is 4.60. The molecule has 1 atom stereocenters. The van der Waals surface area contributed by atoms with E-state index in [0.29, 0.717) is 25.2 Å². The molecule has 1 aromatic heterocycles. The van der Waals surface area contributed by atoms with Gasteiger partial charge in [0.15, 0.2) is 0 Å². The minimum Gasteiger partial charge on any atom is -0.292 e. The average Bonchev–Trinajstić information content (AvgIpc) is 2.97. The minimum atomic E-state index is -3.04. The van der Waals surface area contributed by atoms with Gasteiger partial charge in [-0.25, -0.2) is 22.7 Å². The van der Waals surface area contributed by atoms with E-state index in [9.17, 15) is 8.42 Å². The number of hydrogen-bond donors (Lipinski definition) is 0. The summed E-state index contributed by atoms with van der Waals surface area (Å²) >= 11 is 0. The maximum Gasteiger partial charge on any atom is 0.211 e. The summed E-state index contributed by atoms with van der Waals surface area (Å²) in [6.45, 7) is 2.35. The fourth-order valence-electron chi connectivity index (χ4n) is 3.55. The smallest absolute Gasteiger partial charge is 0.211 e. The summed E-state index contributed by atoms with van der Waals surface area (Å²) in [5.41, 5.74) is 1.09. The van der Waals surface area contributed by atoms with Gasteiger partial charge < -0.3 is 0 Å². The summed E-state index contributed by atoms with van der Waals surface area (Å²) in [7, 11) is -3.04. The molecular formula is C14H22N4O2S. The Morgan fingerprint density at radius 3 is 2.57 bits per heavy atom. The van der Waals surface area contributed by atoms with Crippen LogP contribution in [-0.4, -0.2) is 59.5 Å². The van der Waals surface area contributed by atoms with Crippen LogP contribution < -0.4 is 0 Å². The number of likely N-dealkylation sites (tertiary alicyclic amines) is 1. The molecule has 2 aliphatic rings. The number of nitrogens with zero attached hydrogens (tertiary/aromatic N) is 4. The summed E-state index contributed by atoms with van der Waals surface area (Å²) in [5, 5.41) is 0. The minimum absolute atomic E-state index is 0.364. The molecule has 0 amide bonds. The predicted octanol–water partition coefficient (Wildman–Crippen LogP) is 1.04.